The Hall–Kier alpha value is -2.03. The molecule has 0 nitrogen and oxygen atoms in total. The summed E-state index contributed by atoms with van der Waals surface area (Å²) in [5, 5.41) is 0. The Labute approximate surface area is 153 Å². The third kappa shape index (κ3) is 7.49. The van der Waals surface area contributed by atoms with E-state index in [1.165, 1.54) is 0 Å². The number of rotatable bonds is 1. The van der Waals surface area contributed by atoms with Crippen molar-refractivity contribution in [3.05, 3.63) is 12.3 Å². The summed E-state index contributed by atoms with van der Waals surface area (Å²) in [5.41, 5.74) is 30.0. The highest BCUT2D eigenvalue weighted by Crippen LogP contribution is 2.07. The lowest BCUT2D eigenvalue weighted by Crippen LogP contribution is -2.33. The zero-order valence-corrected chi connectivity index (χ0v) is 19.5. The molecule has 0 aliphatic carbocycles. The fourth-order valence-electron chi connectivity index (χ4n) is 1.12. The monoisotopic (exact) mass is 376 g/mol. The fourth-order valence-corrected chi connectivity index (χ4v) is 7.95. The van der Waals surface area contributed by atoms with Gasteiger partial charge in [-0.05, 0) is 39.3 Å². The average Bonchev–Trinajstić information content (AvgIpc) is 2.55. The van der Waals surface area contributed by atoms with Crippen molar-refractivity contribution < 1.29 is 0 Å². The third-order valence-corrected chi connectivity index (χ3v) is 10.4. The van der Waals surface area contributed by atoms with Gasteiger partial charge in [-0.1, -0.05) is 5.70 Å². The summed E-state index contributed by atoms with van der Waals surface area (Å²) in [6, 6.07) is 0. The first kappa shape index (κ1) is 22.0. The topological polar surface area (TPSA) is 0 Å². The van der Waals surface area contributed by atoms with Crippen LogP contribution in [0.5, 0.6) is 0 Å². The molecule has 0 aromatic heterocycles. The minimum atomic E-state index is -2.65. The van der Waals surface area contributed by atoms with Crippen LogP contribution < -0.4 is 0 Å². The molecule has 4 heteroatoms. The van der Waals surface area contributed by atoms with Crippen molar-refractivity contribution in [2.75, 3.05) is 0 Å². The van der Waals surface area contributed by atoms with Gasteiger partial charge in [0.1, 0.15) is 0 Å². The first-order chi connectivity index (χ1) is 10.9. The van der Waals surface area contributed by atoms with Crippen molar-refractivity contribution in [1.82, 2.24) is 0 Å². The molecule has 0 aliphatic rings. The maximum absolute atomic E-state index is 5.59. The Kier molecular flexibility index (Phi) is 7.49. The molecule has 0 radical (unpaired) electrons. The smallest absolute Gasteiger partial charge is 0.126 e. The number of hydrogen-bond acceptors (Lipinski definition) is 0. The molecule has 0 aromatic carbocycles. The van der Waals surface area contributed by atoms with Gasteiger partial charge in [0.15, 0.2) is 0 Å². The predicted molar refractivity (Wildman–Crippen MR) is 118 cm³/mol. The molecule has 0 rings (SSSR count). The van der Waals surface area contributed by atoms with Gasteiger partial charge in [-0.25, -0.2) is 0 Å². The van der Waals surface area contributed by atoms with Crippen LogP contribution in [0.1, 0.15) is 0 Å². The number of terminal acetylenes is 3. The highest BCUT2D eigenvalue weighted by atomic mass is 28.3. The van der Waals surface area contributed by atoms with E-state index < -0.39 is 32.3 Å². The maximum atomic E-state index is 5.59. The van der Waals surface area contributed by atoms with Gasteiger partial charge in [0.25, 0.3) is 0 Å². The van der Waals surface area contributed by atoms with Crippen molar-refractivity contribution in [2.24, 2.45) is 0 Å². The second kappa shape index (κ2) is 8.18. The highest BCUT2D eigenvalue weighted by Gasteiger charge is 2.27. The number of hydrogen-bond donors (Lipinski definition) is 0. The van der Waals surface area contributed by atoms with Crippen LogP contribution in [0.2, 0.25) is 39.3 Å². The zero-order valence-electron chi connectivity index (χ0n) is 15.5. The molecule has 24 heavy (non-hydrogen) atoms. The van der Waals surface area contributed by atoms with E-state index in [1.54, 1.807) is 0 Å². The van der Waals surface area contributed by atoms with Gasteiger partial charge < -0.3 is 0 Å². The van der Waals surface area contributed by atoms with Crippen molar-refractivity contribution >= 4 is 32.3 Å². The summed E-state index contributed by atoms with van der Waals surface area (Å²) in [5.74, 6) is 0. The minimum absolute atomic E-state index is 1.81. The Bertz CT molecular complexity index is 709. The molecule has 0 amide bonds. The molecule has 0 saturated heterocycles. The van der Waals surface area contributed by atoms with E-state index >= 15 is 0 Å². The Morgan fingerprint density at radius 3 is 1.00 bits per heavy atom. The first-order valence-corrected chi connectivity index (χ1v) is 18.6. The Morgan fingerprint density at radius 1 is 0.583 bits per heavy atom. The summed E-state index contributed by atoms with van der Waals surface area (Å²) in [6.45, 7) is 16.1. The van der Waals surface area contributed by atoms with Crippen LogP contribution in [-0.4, -0.2) is 32.3 Å². The summed E-state index contributed by atoms with van der Waals surface area (Å²) in [7, 11) is -8.68. The van der Waals surface area contributed by atoms with Crippen LogP contribution in [0.25, 0.3) is 0 Å². The molecule has 0 bridgehead atoms. The van der Waals surface area contributed by atoms with Gasteiger partial charge in [0, 0.05) is 0 Å². The zero-order chi connectivity index (χ0) is 19.1. The van der Waals surface area contributed by atoms with Gasteiger partial charge in [-0.3, -0.25) is 0 Å². The molecule has 0 unspecified atom stereocenters. The van der Waals surface area contributed by atoms with Crippen molar-refractivity contribution in [3.63, 3.8) is 0 Å². The standard InChI is InChI=1S/C20H24Si4/c1-11-21(5,6)15-18-24(14-4,19-16-22(7,8)12-2)20-17-23(9,10)13-3/h1-3,14H,4H2,5-10H3. The van der Waals surface area contributed by atoms with E-state index in [0.717, 1.165) is 0 Å². The second-order valence-electron chi connectivity index (χ2n) is 7.07. The molecule has 0 atom stereocenters. The lowest BCUT2D eigenvalue weighted by atomic mass is 11.2. The van der Waals surface area contributed by atoms with Gasteiger partial charge >= 0.3 is 8.07 Å². The second-order valence-corrected chi connectivity index (χ2v) is 21.2. The van der Waals surface area contributed by atoms with Crippen LogP contribution in [0.15, 0.2) is 12.3 Å². The van der Waals surface area contributed by atoms with Gasteiger partial charge in [0.2, 0.25) is 24.2 Å². The fraction of sp³-hybridized carbons (Fsp3) is 0.300. The molecule has 0 heterocycles. The van der Waals surface area contributed by atoms with Crippen LogP contribution in [0, 0.1) is 69.2 Å². The average molecular weight is 377 g/mol. The largest absolute Gasteiger partial charge is 0.312 e. The quantitative estimate of drug-likeness (QED) is 0.487. The lowest BCUT2D eigenvalue weighted by molar-refractivity contribution is 1.94. The Balaban J connectivity index is 6.40. The van der Waals surface area contributed by atoms with Crippen LogP contribution in [0.4, 0.5) is 0 Å². The van der Waals surface area contributed by atoms with E-state index in [0.29, 0.717) is 0 Å². The lowest BCUT2D eigenvalue weighted by Gasteiger charge is -2.12. The summed E-state index contributed by atoms with van der Waals surface area (Å²) in [4.78, 5) is 0. The van der Waals surface area contributed by atoms with Gasteiger partial charge in [-0.2, -0.15) is 0 Å². The molecule has 0 aliphatic heterocycles. The van der Waals surface area contributed by atoms with Crippen LogP contribution in [-0.2, 0) is 0 Å². The SMILES string of the molecule is C#C[Si](C)(C)C#C[Si](C#C[Si](C)(C)C#C)(C#C[Si](C)(C)C#C)C=C. The molecule has 120 valence electrons. The Morgan fingerprint density at radius 2 is 0.833 bits per heavy atom. The molecule has 0 N–H and O–H groups in total. The highest BCUT2D eigenvalue weighted by molar-refractivity contribution is 7.08. The maximum Gasteiger partial charge on any atom is 0.312 e. The summed E-state index contributed by atoms with van der Waals surface area (Å²) in [6.07, 6.45) is 16.8. The first-order valence-electron chi connectivity index (χ1n) is 7.56. The molecule has 0 spiro atoms. The van der Waals surface area contributed by atoms with Crippen LogP contribution >= 0.6 is 0 Å². The van der Waals surface area contributed by atoms with E-state index in [-0.39, 0.29) is 0 Å². The van der Waals surface area contributed by atoms with Gasteiger partial charge in [0.05, 0.1) is 0 Å². The van der Waals surface area contributed by atoms with E-state index in [4.69, 9.17) is 19.3 Å². The van der Waals surface area contributed by atoms with Crippen molar-refractivity contribution in [3.8, 4) is 69.2 Å². The summed E-state index contributed by atoms with van der Waals surface area (Å²) >= 11 is 0. The van der Waals surface area contributed by atoms with E-state index in [9.17, 15) is 0 Å². The molecular formula is C20H24Si4. The molecule has 0 fully saturated rings. The minimum Gasteiger partial charge on any atom is -0.126 e. The van der Waals surface area contributed by atoms with Gasteiger partial charge in [-0.15, -0.1) is 75.7 Å². The normalized spacial score (nSPS) is 10.8. The molecule has 0 aromatic rings. The van der Waals surface area contributed by atoms with E-state index in [2.05, 4.69) is 56.5 Å². The predicted octanol–water partition coefficient (Wildman–Crippen LogP) is 3.05. The van der Waals surface area contributed by atoms with Crippen molar-refractivity contribution in [1.29, 1.82) is 0 Å². The summed E-state index contributed by atoms with van der Waals surface area (Å²) < 4.78 is 0. The molecule has 0 saturated carbocycles. The van der Waals surface area contributed by atoms with Crippen LogP contribution in [0.3, 0.4) is 0 Å². The van der Waals surface area contributed by atoms with E-state index in [1.807, 2.05) is 45.0 Å². The van der Waals surface area contributed by atoms with Crippen molar-refractivity contribution in [2.45, 2.75) is 39.3 Å². The molecular weight excluding hydrogens is 353 g/mol. The third-order valence-electron chi connectivity index (χ3n) is 3.11.